The Hall–Kier alpha value is -3.16. The van der Waals surface area contributed by atoms with Crippen molar-refractivity contribution in [3.63, 3.8) is 0 Å². The smallest absolute Gasteiger partial charge is 0.550 e. The predicted molar refractivity (Wildman–Crippen MR) is 315 cm³/mol. The SMILES string of the molecule is CC(C)(C)OC(=O)C[C@H]1C[C@@H](/C=C/c2c(C3CC3)nc3ccccc3c2-c2ccc(F)cc2)OC(C)(C)O1.II.O=C([O-])C[C@H](O)C[C@H](O)/C=C/c1c(C2CC2)nc2ccccc2c1-c1ccc(F)cc1.[B]I.[Mg+2]. The van der Waals surface area contributed by atoms with Crippen molar-refractivity contribution in [2.75, 3.05) is 0 Å². The van der Waals surface area contributed by atoms with Gasteiger partial charge in [-0.25, -0.2) is 8.78 Å². The number of hydrogen-bond acceptors (Lipinski definition) is 10. The topological polar surface area (TPSA) is 151 Å². The Morgan fingerprint density at radius 2 is 1.24 bits per heavy atom. The van der Waals surface area contributed by atoms with Gasteiger partial charge in [0.05, 0.1) is 53.3 Å². The summed E-state index contributed by atoms with van der Waals surface area (Å²) in [5.74, 6) is -2.34. The quantitative estimate of drug-likeness (QED) is 0.0613. The largest absolute Gasteiger partial charge is 2.00 e. The van der Waals surface area contributed by atoms with E-state index in [2.05, 4.69) is 61.2 Å². The number of aliphatic carboxylic acids is 1. The van der Waals surface area contributed by atoms with E-state index in [-0.39, 0.29) is 65.7 Å². The first-order valence-electron chi connectivity index (χ1n) is 24.1. The molecule has 4 aromatic carbocycles. The first kappa shape index (κ1) is 61.7. The van der Waals surface area contributed by atoms with Gasteiger partial charge < -0.3 is 34.3 Å². The van der Waals surface area contributed by atoms with E-state index in [4.69, 9.17) is 24.2 Å². The van der Waals surface area contributed by atoms with Crippen molar-refractivity contribution < 1.29 is 47.9 Å². The van der Waals surface area contributed by atoms with Gasteiger partial charge >= 0.3 is 29.0 Å². The number of carboxylic acids is 1. The van der Waals surface area contributed by atoms with Crippen LogP contribution in [-0.4, -0.2) is 96.7 Å². The molecule has 3 fully saturated rings. The third-order valence-corrected chi connectivity index (χ3v) is 12.2. The summed E-state index contributed by atoms with van der Waals surface area (Å²) < 4.78 is 45.2. The van der Waals surface area contributed by atoms with Crippen molar-refractivity contribution in [1.29, 1.82) is 0 Å². The number of aliphatic hydroxyl groups excluding tert-OH is 2. The van der Waals surface area contributed by atoms with Crippen molar-refractivity contribution >= 4 is 134 Å². The van der Waals surface area contributed by atoms with Crippen LogP contribution in [0.5, 0.6) is 0 Å². The zero-order valence-electron chi connectivity index (χ0n) is 42.1. The Morgan fingerprint density at radius 1 is 0.784 bits per heavy atom. The fraction of sp³-hybridized carbons (Fsp3) is 0.368. The molecule has 17 heteroatoms. The number of esters is 1. The van der Waals surface area contributed by atoms with Gasteiger partial charge in [-0.1, -0.05) is 85.0 Å². The number of benzene rings is 4. The Kier molecular flexibility index (Phi) is 23.7. The number of pyridine rings is 2. The van der Waals surface area contributed by atoms with Gasteiger partial charge in [0.2, 0.25) is 0 Å². The van der Waals surface area contributed by atoms with Gasteiger partial charge in [0.25, 0.3) is 0 Å². The molecule has 0 spiro atoms. The number of ether oxygens (including phenoxy) is 3. The van der Waals surface area contributed by atoms with Crippen molar-refractivity contribution in [3.8, 4) is 22.3 Å². The molecule has 3 aliphatic rings. The van der Waals surface area contributed by atoms with E-state index >= 15 is 0 Å². The number of carbonyl (C=O) groups excluding carboxylic acids is 2. The number of rotatable bonds is 14. The second kappa shape index (κ2) is 28.5. The summed E-state index contributed by atoms with van der Waals surface area (Å²) in [4.78, 5) is 33.1. The molecule has 0 bridgehead atoms. The molecular weight excluding hydrogens is 1290 g/mol. The molecule has 1 saturated heterocycles. The fourth-order valence-electron chi connectivity index (χ4n) is 9.02. The number of fused-ring (bicyclic) bond motifs is 2. The second-order valence-electron chi connectivity index (χ2n) is 19.7. The van der Waals surface area contributed by atoms with E-state index in [0.717, 1.165) is 92.3 Å². The maximum Gasteiger partial charge on any atom is 2.00 e. The molecule has 2 aromatic heterocycles. The zero-order chi connectivity index (χ0) is 53.0. The molecule has 0 unspecified atom stereocenters. The summed E-state index contributed by atoms with van der Waals surface area (Å²) >= 11 is 5.89. The number of aliphatic hydroxyl groups is 2. The normalized spacial score (nSPS) is 17.9. The number of aromatic nitrogens is 2. The van der Waals surface area contributed by atoms with Crippen molar-refractivity contribution in [2.24, 2.45) is 0 Å². The molecule has 4 atom stereocenters. The molecule has 0 amide bonds. The standard InChI is InChI=1S/C32H36FNO4.C25H24FNO4.BI.I2.Mg/c1-31(2,3)38-28(35)19-24-18-23(36-32(4,5)37-24)16-17-26-29(20-12-14-22(33)15-13-20)25-8-6-7-9-27(25)34-30(26)21-10-11-21;26-17-9-7-15(8-10-17)24-20-3-1-2-4-22(20)27-25(16-5-6-16)21(24)12-11-18(28)13-19(29)14-23(30)31;2*1-2;/h6-9,12-17,21,23-24H,10-11,18-19H2,1-5H3;1-4,7-12,16,18-19,28-29H,5-6,13-14H2,(H,30,31);;;/q;;;;+2/p-1/b17-16+;12-11+;;;/t23-,24-;18-,19-;;;/m11.../s1. The van der Waals surface area contributed by atoms with Gasteiger partial charge in [-0.3, -0.25) is 14.8 Å². The second-order valence-corrected chi connectivity index (χ2v) is 19.7. The predicted octanol–water partition coefficient (Wildman–Crippen LogP) is 12.7. The molecule has 2 radical (unpaired) electrons. The number of halogens is 5. The minimum Gasteiger partial charge on any atom is -0.550 e. The molecule has 10 nitrogen and oxygen atoms in total. The van der Waals surface area contributed by atoms with Crippen molar-refractivity contribution in [3.05, 3.63) is 143 Å². The minimum absolute atomic E-state index is 0. The molecule has 9 rings (SSSR count). The average molecular weight is 1350 g/mol. The number of para-hydroxylation sites is 2. The summed E-state index contributed by atoms with van der Waals surface area (Å²) in [5, 5.41) is 32.7. The third-order valence-electron chi connectivity index (χ3n) is 12.2. The zero-order valence-corrected chi connectivity index (χ0v) is 50.0. The van der Waals surface area contributed by atoms with Crippen LogP contribution >= 0.6 is 59.6 Å². The van der Waals surface area contributed by atoms with Crippen LogP contribution < -0.4 is 5.11 Å². The van der Waals surface area contributed by atoms with Crippen LogP contribution in [0.2, 0.25) is 0 Å². The van der Waals surface area contributed by atoms with Gasteiger partial charge in [0.1, 0.15) is 17.2 Å². The number of carbonyl (C=O) groups is 2. The molecule has 2 N–H and O–H groups in total. The monoisotopic (exact) mass is 1350 g/mol. The molecule has 2 aliphatic carbocycles. The van der Waals surface area contributed by atoms with E-state index in [1.165, 1.54) is 24.3 Å². The first-order chi connectivity index (χ1) is 34.9. The van der Waals surface area contributed by atoms with Crippen LogP contribution in [0.4, 0.5) is 8.78 Å². The van der Waals surface area contributed by atoms with E-state index in [1.54, 1.807) is 46.7 Å². The van der Waals surface area contributed by atoms with Crippen molar-refractivity contribution in [1.82, 2.24) is 9.97 Å². The number of nitrogens with zero attached hydrogens (tertiary/aromatic N) is 2. The van der Waals surface area contributed by atoms with Crippen LogP contribution in [0, 0.1) is 11.6 Å². The van der Waals surface area contributed by atoms with E-state index in [0.29, 0.717) is 18.3 Å². The Labute approximate surface area is 486 Å². The van der Waals surface area contributed by atoms with Crippen LogP contribution in [0.3, 0.4) is 0 Å². The van der Waals surface area contributed by atoms with E-state index in [1.807, 2.05) is 89.2 Å². The van der Waals surface area contributed by atoms with Crippen molar-refractivity contribution in [2.45, 2.75) is 134 Å². The van der Waals surface area contributed by atoms with Gasteiger partial charge in [-0.2, -0.15) is 22.4 Å². The maximum atomic E-state index is 13.8. The average Bonchev–Trinajstić information content (AvgIpc) is 4.29. The van der Waals surface area contributed by atoms with Crippen LogP contribution in [-0.2, 0) is 23.8 Å². The Bertz CT molecular complexity index is 2900. The fourth-order valence-corrected chi connectivity index (χ4v) is 9.02. The van der Waals surface area contributed by atoms with Crippen LogP contribution in [0.1, 0.15) is 120 Å². The summed E-state index contributed by atoms with van der Waals surface area (Å²) in [6.45, 7) is 9.31. The summed E-state index contributed by atoms with van der Waals surface area (Å²) in [7, 11) is 0. The Balaban J connectivity index is 0.000000258. The summed E-state index contributed by atoms with van der Waals surface area (Å²) in [6, 6.07) is 28.8. The van der Waals surface area contributed by atoms with Gasteiger partial charge in [-0.05, 0) is 108 Å². The number of carboxylic acid groups (broad SMARTS) is 1. The summed E-state index contributed by atoms with van der Waals surface area (Å²) in [5.41, 5.74) is 13.3. The van der Waals surface area contributed by atoms with E-state index < -0.39 is 36.0 Å². The molecule has 3 heterocycles. The minimum atomic E-state index is -1.36. The first-order valence-corrected chi connectivity index (χ1v) is 31.7. The summed E-state index contributed by atoms with van der Waals surface area (Å²) in [6.07, 6.45) is 8.99. The molecule has 6 aromatic rings. The molecular formula is C57H59BF2I3MgN2O8+. The maximum absolute atomic E-state index is 13.8. The molecule has 74 heavy (non-hydrogen) atoms. The number of hydrogen-bond donors (Lipinski definition) is 2. The van der Waals surface area contributed by atoms with Gasteiger partial charge in [0.15, 0.2) is 11.5 Å². The molecule has 384 valence electrons. The van der Waals surface area contributed by atoms with E-state index in [9.17, 15) is 33.7 Å². The van der Waals surface area contributed by atoms with Gasteiger partial charge in [0, 0.05) is 107 Å². The van der Waals surface area contributed by atoms with Gasteiger partial charge in [-0.15, -0.1) is 0 Å². The molecule has 1 aliphatic heterocycles. The van der Waals surface area contributed by atoms with Crippen LogP contribution in [0.25, 0.3) is 56.2 Å². The van der Waals surface area contributed by atoms with Crippen LogP contribution in [0.15, 0.2) is 109 Å². The molecule has 2 saturated carbocycles. The Morgan fingerprint density at radius 3 is 1.69 bits per heavy atom. The third kappa shape index (κ3) is 17.7.